The fourth-order valence-electron chi connectivity index (χ4n) is 2.93. The zero-order chi connectivity index (χ0) is 19.5. The van der Waals surface area contributed by atoms with Crippen LogP contribution in [0.25, 0.3) is 5.70 Å². The summed E-state index contributed by atoms with van der Waals surface area (Å²) in [5.41, 5.74) is 3.23. The van der Waals surface area contributed by atoms with E-state index in [1.165, 1.54) is 12.1 Å². The van der Waals surface area contributed by atoms with Gasteiger partial charge in [0, 0.05) is 17.1 Å². The molecule has 0 bridgehead atoms. The zero-order valence-electron chi connectivity index (χ0n) is 14.7. The topological polar surface area (TPSA) is 12.5 Å². The number of thioether (sulfide) groups is 1. The second kappa shape index (κ2) is 8.48. The Hall–Kier alpha value is -2.14. The molecule has 1 aliphatic rings. The van der Waals surface area contributed by atoms with Crippen molar-refractivity contribution in [1.29, 1.82) is 0 Å². The van der Waals surface area contributed by atoms with Gasteiger partial charge in [-0.1, -0.05) is 35.3 Å². The van der Waals surface area contributed by atoms with E-state index >= 15 is 0 Å². The van der Waals surface area contributed by atoms with Gasteiger partial charge in [-0.2, -0.15) is 0 Å². The van der Waals surface area contributed by atoms with Crippen LogP contribution in [0.4, 0.5) is 4.39 Å². The van der Waals surface area contributed by atoms with Crippen molar-refractivity contribution >= 4 is 40.7 Å². The van der Waals surface area contributed by atoms with E-state index in [9.17, 15) is 4.39 Å². The van der Waals surface area contributed by atoms with Gasteiger partial charge < -0.3 is 9.64 Å². The number of nitrogens with zero attached hydrogens (tertiary/aromatic N) is 1. The van der Waals surface area contributed by atoms with E-state index in [1.54, 1.807) is 30.0 Å². The van der Waals surface area contributed by atoms with E-state index in [0.717, 1.165) is 29.2 Å². The number of ether oxygens (including phenoxy) is 1. The third-order valence-corrected chi connectivity index (χ3v) is 5.72. The molecular weight excluding hydrogens is 416 g/mol. The van der Waals surface area contributed by atoms with Gasteiger partial charge in [-0.15, -0.1) is 11.8 Å². The van der Waals surface area contributed by atoms with Gasteiger partial charge in [0.05, 0.1) is 16.6 Å². The Morgan fingerprint density at radius 3 is 2.29 bits per heavy atom. The lowest BCUT2D eigenvalue weighted by Crippen LogP contribution is -2.17. The summed E-state index contributed by atoms with van der Waals surface area (Å²) >= 11 is 14.1. The maximum atomic E-state index is 13.0. The first kappa shape index (κ1) is 19.2. The fraction of sp³-hybridized carbons (Fsp3) is 0.0909. The van der Waals surface area contributed by atoms with Crippen molar-refractivity contribution in [2.75, 3.05) is 5.88 Å². The van der Waals surface area contributed by atoms with Crippen LogP contribution < -0.4 is 4.74 Å². The van der Waals surface area contributed by atoms with E-state index in [0.29, 0.717) is 21.5 Å². The van der Waals surface area contributed by atoms with Crippen LogP contribution in [0.5, 0.6) is 11.5 Å². The lowest BCUT2D eigenvalue weighted by Gasteiger charge is -2.23. The number of hydrogen-bond acceptors (Lipinski definition) is 3. The average Bonchev–Trinajstić information content (AvgIpc) is 3.13. The molecule has 1 aliphatic heterocycles. The summed E-state index contributed by atoms with van der Waals surface area (Å²) in [5, 5.41) is 3.40. The first-order chi connectivity index (χ1) is 13.6. The molecule has 0 aromatic heterocycles. The number of benzene rings is 3. The molecule has 2 nitrogen and oxygen atoms in total. The van der Waals surface area contributed by atoms with Crippen LogP contribution in [0.15, 0.2) is 72.1 Å². The van der Waals surface area contributed by atoms with E-state index in [-0.39, 0.29) is 5.82 Å². The van der Waals surface area contributed by atoms with Crippen molar-refractivity contribution in [3.63, 3.8) is 0 Å². The second-order valence-corrected chi connectivity index (χ2v) is 7.99. The Bertz CT molecular complexity index is 1010. The molecule has 0 amide bonds. The summed E-state index contributed by atoms with van der Waals surface area (Å²) < 4.78 is 18.7. The van der Waals surface area contributed by atoms with Gasteiger partial charge in [-0.05, 0) is 65.6 Å². The lowest BCUT2D eigenvalue weighted by molar-refractivity contribution is 0.461. The van der Waals surface area contributed by atoms with E-state index in [1.807, 2.05) is 36.4 Å². The first-order valence-corrected chi connectivity index (χ1v) is 10.4. The Kier molecular flexibility index (Phi) is 5.81. The Morgan fingerprint density at radius 2 is 1.61 bits per heavy atom. The number of halogens is 3. The predicted octanol–water partition coefficient (Wildman–Crippen LogP) is 7.43. The smallest absolute Gasteiger partial charge is 0.127 e. The quantitative estimate of drug-likeness (QED) is 0.416. The summed E-state index contributed by atoms with van der Waals surface area (Å²) in [6.07, 6.45) is 0. The van der Waals surface area contributed by atoms with Crippen LogP contribution in [-0.4, -0.2) is 10.8 Å². The van der Waals surface area contributed by atoms with Crippen molar-refractivity contribution in [3.05, 3.63) is 99.1 Å². The highest BCUT2D eigenvalue weighted by Crippen LogP contribution is 2.36. The Morgan fingerprint density at radius 1 is 0.929 bits per heavy atom. The average molecular weight is 432 g/mol. The summed E-state index contributed by atoms with van der Waals surface area (Å²) in [5.74, 6) is 1.90. The molecule has 6 heteroatoms. The highest BCUT2D eigenvalue weighted by molar-refractivity contribution is 8.02. The highest BCUT2D eigenvalue weighted by atomic mass is 35.5. The maximum Gasteiger partial charge on any atom is 0.127 e. The minimum atomic E-state index is -0.282. The van der Waals surface area contributed by atoms with Gasteiger partial charge in [0.15, 0.2) is 0 Å². The van der Waals surface area contributed by atoms with Gasteiger partial charge in [-0.25, -0.2) is 4.39 Å². The molecule has 0 saturated heterocycles. The number of rotatable bonds is 5. The summed E-state index contributed by atoms with van der Waals surface area (Å²) in [7, 11) is 0. The molecule has 0 atom stereocenters. The second-order valence-electron chi connectivity index (χ2n) is 6.32. The summed E-state index contributed by atoms with van der Waals surface area (Å²) in [4.78, 5) is 2.27. The molecule has 0 spiro atoms. The van der Waals surface area contributed by atoms with E-state index < -0.39 is 0 Å². The van der Waals surface area contributed by atoms with Crippen molar-refractivity contribution < 1.29 is 9.13 Å². The normalized spacial score (nSPS) is 13.5. The van der Waals surface area contributed by atoms with Gasteiger partial charge >= 0.3 is 0 Å². The van der Waals surface area contributed by atoms with Crippen molar-refractivity contribution in [1.82, 2.24) is 4.90 Å². The van der Waals surface area contributed by atoms with Gasteiger partial charge in [0.2, 0.25) is 0 Å². The maximum absolute atomic E-state index is 13.0. The van der Waals surface area contributed by atoms with Crippen LogP contribution >= 0.6 is 35.0 Å². The molecule has 1 heterocycles. The minimum absolute atomic E-state index is 0.282. The minimum Gasteiger partial charge on any atom is -0.457 e. The molecule has 142 valence electrons. The molecule has 4 rings (SSSR count). The SMILES string of the molecule is Fc1ccc(Oc2ccc(CN3CSC=C3c3ccc(Cl)cc3Cl)cc2)cc1. The zero-order valence-corrected chi connectivity index (χ0v) is 17.1. The van der Waals surface area contributed by atoms with Gasteiger partial charge in [-0.3, -0.25) is 0 Å². The summed E-state index contributed by atoms with van der Waals surface area (Å²) in [6, 6.07) is 19.4. The molecule has 3 aromatic carbocycles. The molecule has 0 fully saturated rings. The van der Waals surface area contributed by atoms with Crippen LogP contribution in [-0.2, 0) is 6.54 Å². The third kappa shape index (κ3) is 4.46. The third-order valence-electron chi connectivity index (χ3n) is 4.32. The molecule has 0 radical (unpaired) electrons. The van der Waals surface area contributed by atoms with Crippen LogP contribution in [0, 0.1) is 5.82 Å². The molecular formula is C22H16Cl2FNOS. The predicted molar refractivity (Wildman–Crippen MR) is 115 cm³/mol. The first-order valence-electron chi connectivity index (χ1n) is 8.63. The summed E-state index contributed by atoms with van der Waals surface area (Å²) in [6.45, 7) is 0.759. The molecule has 3 aromatic rings. The van der Waals surface area contributed by atoms with Gasteiger partial charge in [0.1, 0.15) is 17.3 Å². The number of hydrogen-bond donors (Lipinski definition) is 0. The van der Waals surface area contributed by atoms with E-state index in [4.69, 9.17) is 27.9 Å². The van der Waals surface area contributed by atoms with Gasteiger partial charge in [0.25, 0.3) is 0 Å². The highest BCUT2D eigenvalue weighted by Gasteiger charge is 2.19. The van der Waals surface area contributed by atoms with Crippen LogP contribution in [0.3, 0.4) is 0 Å². The lowest BCUT2D eigenvalue weighted by atomic mass is 10.1. The van der Waals surface area contributed by atoms with Crippen LogP contribution in [0.1, 0.15) is 11.1 Å². The molecule has 0 N–H and O–H groups in total. The van der Waals surface area contributed by atoms with Crippen molar-refractivity contribution in [2.24, 2.45) is 0 Å². The van der Waals surface area contributed by atoms with Crippen molar-refractivity contribution in [3.8, 4) is 11.5 Å². The molecule has 0 unspecified atom stereocenters. The van der Waals surface area contributed by atoms with E-state index in [2.05, 4.69) is 10.3 Å². The Labute approximate surface area is 177 Å². The molecule has 0 aliphatic carbocycles. The monoisotopic (exact) mass is 431 g/mol. The molecule has 0 saturated carbocycles. The standard InChI is InChI=1S/C22H16Cl2FNOS/c23-16-3-10-20(21(24)11-16)22-13-28-14-26(22)12-15-1-6-18(7-2-15)27-19-8-4-17(25)5-9-19/h1-11,13H,12,14H2. The van der Waals surface area contributed by atoms with Crippen LogP contribution in [0.2, 0.25) is 10.0 Å². The fourth-order valence-corrected chi connectivity index (χ4v) is 4.36. The largest absolute Gasteiger partial charge is 0.457 e. The van der Waals surface area contributed by atoms with Crippen molar-refractivity contribution in [2.45, 2.75) is 6.54 Å². The molecule has 28 heavy (non-hydrogen) atoms. The Balaban J connectivity index is 1.45.